The Balaban J connectivity index is 1.86. The summed E-state index contributed by atoms with van der Waals surface area (Å²) >= 11 is 11.4. The van der Waals surface area contributed by atoms with Crippen molar-refractivity contribution in [1.82, 2.24) is 5.32 Å². The number of hydrogen-bond acceptors (Lipinski definition) is 5. The van der Waals surface area contributed by atoms with Crippen LogP contribution in [0.5, 0.6) is 5.75 Å². The second kappa shape index (κ2) is 6.95. The van der Waals surface area contributed by atoms with Crippen molar-refractivity contribution in [1.29, 1.82) is 0 Å². The smallest absolute Gasteiger partial charge is 0.263 e. The molecule has 0 bridgehead atoms. The minimum atomic E-state index is -0.167. The third-order valence-electron chi connectivity index (χ3n) is 2.85. The van der Waals surface area contributed by atoms with E-state index in [-0.39, 0.29) is 5.91 Å². The van der Waals surface area contributed by atoms with Crippen molar-refractivity contribution in [3.8, 4) is 5.75 Å². The van der Waals surface area contributed by atoms with Crippen molar-refractivity contribution in [2.24, 2.45) is 0 Å². The van der Waals surface area contributed by atoms with Crippen molar-refractivity contribution in [2.75, 3.05) is 0 Å². The van der Waals surface area contributed by atoms with Gasteiger partial charge in [0.1, 0.15) is 16.7 Å². The molecular formula is C15H10BrNO2S3. The van der Waals surface area contributed by atoms with Crippen molar-refractivity contribution in [3.05, 3.63) is 55.5 Å². The first kappa shape index (κ1) is 15.7. The molecule has 1 aromatic heterocycles. The van der Waals surface area contributed by atoms with Crippen LogP contribution in [0.3, 0.4) is 0 Å². The van der Waals surface area contributed by atoms with E-state index in [4.69, 9.17) is 17.0 Å². The van der Waals surface area contributed by atoms with Crippen LogP contribution < -0.4 is 10.1 Å². The van der Waals surface area contributed by atoms with E-state index in [0.717, 1.165) is 20.7 Å². The highest BCUT2D eigenvalue weighted by Crippen LogP contribution is 2.31. The molecule has 1 N–H and O–H groups in total. The molecule has 3 rings (SSSR count). The average molecular weight is 412 g/mol. The Hall–Kier alpha value is -1.15. The summed E-state index contributed by atoms with van der Waals surface area (Å²) in [6.07, 6.45) is 1.80. The number of benzene rings is 1. The number of thioether (sulfide) groups is 1. The van der Waals surface area contributed by atoms with E-state index in [0.29, 0.717) is 15.8 Å². The van der Waals surface area contributed by atoms with Crippen LogP contribution >= 0.6 is 51.2 Å². The van der Waals surface area contributed by atoms with Crippen LogP contribution in [-0.4, -0.2) is 10.2 Å². The quantitative estimate of drug-likeness (QED) is 0.590. The van der Waals surface area contributed by atoms with Crippen LogP contribution in [0.4, 0.5) is 0 Å². The van der Waals surface area contributed by atoms with Crippen LogP contribution in [0.1, 0.15) is 10.4 Å². The lowest BCUT2D eigenvalue weighted by Crippen LogP contribution is -2.17. The molecular weight excluding hydrogens is 402 g/mol. The highest BCUT2D eigenvalue weighted by Gasteiger charge is 2.22. The molecule has 22 heavy (non-hydrogen) atoms. The average Bonchev–Trinajstić information content (AvgIpc) is 3.08. The lowest BCUT2D eigenvalue weighted by molar-refractivity contribution is -0.115. The van der Waals surface area contributed by atoms with Gasteiger partial charge < -0.3 is 10.1 Å². The maximum Gasteiger partial charge on any atom is 0.263 e. The van der Waals surface area contributed by atoms with Gasteiger partial charge in [0.15, 0.2) is 0 Å². The van der Waals surface area contributed by atoms with Crippen molar-refractivity contribution in [3.63, 3.8) is 0 Å². The summed E-state index contributed by atoms with van der Waals surface area (Å²) < 4.78 is 7.28. The maximum absolute atomic E-state index is 11.8. The summed E-state index contributed by atoms with van der Waals surface area (Å²) in [4.78, 5) is 13.5. The number of carbonyl (C=O) groups is 1. The number of ether oxygens (including phenoxy) is 1. The minimum Gasteiger partial charge on any atom is -0.487 e. The van der Waals surface area contributed by atoms with Gasteiger partial charge in [-0.1, -0.05) is 46.0 Å². The first-order valence-electron chi connectivity index (χ1n) is 6.31. The fraction of sp³-hybridized carbons (Fsp3) is 0.0667. The van der Waals surface area contributed by atoms with Gasteiger partial charge in [0.05, 0.1) is 4.91 Å². The molecule has 3 nitrogen and oxygen atoms in total. The maximum atomic E-state index is 11.8. The van der Waals surface area contributed by atoms with E-state index in [2.05, 4.69) is 21.2 Å². The number of hydrogen-bond donors (Lipinski definition) is 1. The van der Waals surface area contributed by atoms with E-state index in [1.165, 1.54) is 11.8 Å². The lowest BCUT2D eigenvalue weighted by atomic mass is 10.2. The highest BCUT2D eigenvalue weighted by molar-refractivity contribution is 9.10. The summed E-state index contributed by atoms with van der Waals surface area (Å²) in [5.41, 5.74) is 0.841. The third kappa shape index (κ3) is 3.78. The standard InChI is InChI=1S/C15H10BrNO2S3/c16-10-3-4-12(19-8-11-2-1-5-21-11)9(6-10)7-13-14(18)17-15(20)22-13/h1-7H,8H2,(H,17,18,20). The summed E-state index contributed by atoms with van der Waals surface area (Å²) in [7, 11) is 0. The van der Waals surface area contributed by atoms with Gasteiger partial charge in [-0.2, -0.15) is 0 Å². The van der Waals surface area contributed by atoms with Gasteiger partial charge in [-0.05, 0) is 35.7 Å². The molecule has 1 aliphatic rings. The number of halogens is 1. The Morgan fingerprint density at radius 2 is 2.23 bits per heavy atom. The molecule has 0 radical (unpaired) electrons. The Morgan fingerprint density at radius 3 is 2.91 bits per heavy atom. The van der Waals surface area contributed by atoms with E-state index in [1.54, 1.807) is 17.4 Å². The zero-order chi connectivity index (χ0) is 15.5. The van der Waals surface area contributed by atoms with Gasteiger partial charge in [-0.3, -0.25) is 4.79 Å². The number of thiophene rings is 1. The molecule has 1 aliphatic heterocycles. The fourth-order valence-corrected chi connectivity index (χ4v) is 3.90. The first-order chi connectivity index (χ1) is 10.6. The Bertz CT molecular complexity index is 756. The van der Waals surface area contributed by atoms with Gasteiger partial charge in [0, 0.05) is 14.9 Å². The minimum absolute atomic E-state index is 0.167. The van der Waals surface area contributed by atoms with E-state index >= 15 is 0 Å². The predicted molar refractivity (Wildman–Crippen MR) is 99.1 cm³/mol. The number of rotatable bonds is 4. The molecule has 1 saturated heterocycles. The molecule has 0 saturated carbocycles. The van der Waals surface area contributed by atoms with E-state index in [1.807, 2.05) is 35.7 Å². The van der Waals surface area contributed by atoms with Crippen LogP contribution in [-0.2, 0) is 11.4 Å². The largest absolute Gasteiger partial charge is 0.487 e. The topological polar surface area (TPSA) is 38.3 Å². The van der Waals surface area contributed by atoms with Crippen LogP contribution in [0.25, 0.3) is 6.08 Å². The van der Waals surface area contributed by atoms with Crippen LogP contribution in [0.15, 0.2) is 45.1 Å². The number of nitrogens with one attached hydrogen (secondary N) is 1. The molecule has 7 heteroatoms. The van der Waals surface area contributed by atoms with Crippen molar-refractivity contribution in [2.45, 2.75) is 6.61 Å². The Labute approximate surface area is 149 Å². The third-order valence-corrected chi connectivity index (χ3v) is 5.36. The summed E-state index contributed by atoms with van der Waals surface area (Å²) in [5.74, 6) is 0.564. The normalized spacial score (nSPS) is 16.1. The van der Waals surface area contributed by atoms with E-state index in [9.17, 15) is 4.79 Å². The molecule has 1 aromatic carbocycles. The second-order valence-electron chi connectivity index (χ2n) is 4.40. The molecule has 2 heterocycles. The summed E-state index contributed by atoms with van der Waals surface area (Å²) in [6.45, 7) is 0.507. The second-order valence-corrected chi connectivity index (χ2v) is 8.07. The number of carbonyl (C=O) groups excluding carboxylic acids is 1. The van der Waals surface area contributed by atoms with Gasteiger partial charge >= 0.3 is 0 Å². The molecule has 2 aromatic rings. The first-order valence-corrected chi connectivity index (χ1v) is 9.21. The van der Waals surface area contributed by atoms with Gasteiger partial charge in [-0.25, -0.2) is 0 Å². The Morgan fingerprint density at radius 1 is 1.36 bits per heavy atom. The van der Waals surface area contributed by atoms with Crippen LogP contribution in [0.2, 0.25) is 0 Å². The SMILES string of the molecule is O=C1NC(=S)SC1=Cc1cc(Br)ccc1OCc1cccs1. The number of thiocarbonyl (C=S) groups is 1. The predicted octanol–water partition coefficient (Wildman–Crippen LogP) is 4.58. The lowest BCUT2D eigenvalue weighted by Gasteiger charge is -2.09. The zero-order valence-corrected chi connectivity index (χ0v) is 15.2. The fourth-order valence-electron chi connectivity index (χ4n) is 1.87. The monoisotopic (exact) mass is 411 g/mol. The molecule has 1 fully saturated rings. The van der Waals surface area contributed by atoms with Crippen molar-refractivity contribution < 1.29 is 9.53 Å². The van der Waals surface area contributed by atoms with Crippen LogP contribution in [0, 0.1) is 0 Å². The molecule has 0 spiro atoms. The molecule has 0 aliphatic carbocycles. The van der Waals surface area contributed by atoms with E-state index < -0.39 is 0 Å². The van der Waals surface area contributed by atoms with Gasteiger partial charge in [-0.15, -0.1) is 11.3 Å². The Kier molecular flexibility index (Phi) is 4.97. The summed E-state index contributed by atoms with van der Waals surface area (Å²) in [5, 5.41) is 4.63. The van der Waals surface area contributed by atoms with Gasteiger partial charge in [0.25, 0.3) is 5.91 Å². The molecule has 1 amide bonds. The zero-order valence-electron chi connectivity index (χ0n) is 11.2. The molecule has 0 atom stereocenters. The molecule has 0 unspecified atom stereocenters. The number of amides is 1. The highest BCUT2D eigenvalue weighted by atomic mass is 79.9. The van der Waals surface area contributed by atoms with Crippen molar-refractivity contribution >= 4 is 67.6 Å². The van der Waals surface area contributed by atoms with Gasteiger partial charge in [0.2, 0.25) is 0 Å². The molecule has 112 valence electrons. The summed E-state index contributed by atoms with van der Waals surface area (Å²) in [6, 6.07) is 9.75.